The molecule has 0 aliphatic heterocycles. The second-order valence-electron chi connectivity index (χ2n) is 6.21. The van der Waals surface area contributed by atoms with Crippen LogP contribution in [-0.2, 0) is 0 Å². The largest absolute Gasteiger partial charge is 0.451 e. The molecule has 0 aromatic rings. The highest BCUT2D eigenvalue weighted by Crippen LogP contribution is 2.33. The lowest BCUT2D eigenvalue weighted by molar-refractivity contribution is 0.313. The van der Waals surface area contributed by atoms with Crippen molar-refractivity contribution in [3.05, 3.63) is 0 Å². The predicted molar refractivity (Wildman–Crippen MR) is 74.1 cm³/mol. The van der Waals surface area contributed by atoms with Crippen LogP contribution in [-0.4, -0.2) is 35.8 Å². The standard InChI is InChI=1S/C13H27BN2O2/c15-13-8-10(9-16-12-4-1-5-12)7-11(13)3-2-6-14(17)18/h10-13,16-18H,1-9,15H2/t10-,11-,13-/m0/s1. The van der Waals surface area contributed by atoms with Crippen molar-refractivity contribution in [2.45, 2.75) is 63.3 Å². The summed E-state index contributed by atoms with van der Waals surface area (Å²) >= 11 is 0. The molecular weight excluding hydrogens is 227 g/mol. The summed E-state index contributed by atoms with van der Waals surface area (Å²) in [6.07, 6.45) is 8.81. The maximum absolute atomic E-state index is 8.84. The zero-order valence-electron chi connectivity index (χ0n) is 11.2. The van der Waals surface area contributed by atoms with Gasteiger partial charge in [0.05, 0.1) is 0 Å². The SMILES string of the molecule is N[C@H]1C[C@@H](CNC2CCC2)C[C@@H]1CCCB(O)O. The molecule has 2 fully saturated rings. The molecule has 2 aliphatic carbocycles. The summed E-state index contributed by atoms with van der Waals surface area (Å²) in [6, 6.07) is 1.08. The summed E-state index contributed by atoms with van der Waals surface area (Å²) in [5.74, 6) is 1.31. The number of rotatable bonds is 7. The number of nitrogens with two attached hydrogens (primary N) is 1. The monoisotopic (exact) mass is 254 g/mol. The molecule has 5 N–H and O–H groups in total. The Hall–Kier alpha value is -0.0951. The Morgan fingerprint density at radius 2 is 2.00 bits per heavy atom. The fourth-order valence-corrected chi connectivity index (χ4v) is 3.28. The average molecular weight is 254 g/mol. The maximum atomic E-state index is 8.84. The first-order valence-corrected chi connectivity index (χ1v) is 7.50. The van der Waals surface area contributed by atoms with Crippen molar-refractivity contribution in [1.29, 1.82) is 0 Å². The molecule has 0 unspecified atom stereocenters. The van der Waals surface area contributed by atoms with Crippen molar-refractivity contribution in [2.24, 2.45) is 17.6 Å². The molecule has 2 rings (SSSR count). The zero-order valence-corrected chi connectivity index (χ0v) is 11.2. The molecule has 0 saturated heterocycles. The molecule has 2 saturated carbocycles. The quantitative estimate of drug-likeness (QED) is 0.505. The molecule has 18 heavy (non-hydrogen) atoms. The van der Waals surface area contributed by atoms with Crippen LogP contribution >= 0.6 is 0 Å². The topological polar surface area (TPSA) is 78.5 Å². The Balaban J connectivity index is 1.61. The summed E-state index contributed by atoms with van der Waals surface area (Å²) in [6.45, 7) is 1.12. The van der Waals surface area contributed by atoms with Crippen molar-refractivity contribution < 1.29 is 10.0 Å². The second-order valence-corrected chi connectivity index (χ2v) is 6.21. The summed E-state index contributed by atoms with van der Waals surface area (Å²) in [4.78, 5) is 0. The van der Waals surface area contributed by atoms with E-state index in [1.807, 2.05) is 0 Å². The average Bonchev–Trinajstić information content (AvgIpc) is 2.57. The Labute approximate surface area is 110 Å². The molecule has 3 atom stereocenters. The van der Waals surface area contributed by atoms with Gasteiger partial charge in [0.15, 0.2) is 0 Å². The van der Waals surface area contributed by atoms with E-state index in [9.17, 15) is 0 Å². The third-order valence-electron chi connectivity index (χ3n) is 4.68. The second kappa shape index (κ2) is 6.89. The van der Waals surface area contributed by atoms with Crippen LogP contribution < -0.4 is 11.1 Å². The Kier molecular flexibility index (Phi) is 5.48. The first-order valence-electron chi connectivity index (χ1n) is 7.50. The van der Waals surface area contributed by atoms with Gasteiger partial charge in [-0.2, -0.15) is 0 Å². The van der Waals surface area contributed by atoms with Gasteiger partial charge in [0.2, 0.25) is 0 Å². The lowest BCUT2D eigenvalue weighted by Gasteiger charge is -2.28. The summed E-state index contributed by atoms with van der Waals surface area (Å²) in [5.41, 5.74) is 6.19. The summed E-state index contributed by atoms with van der Waals surface area (Å²) < 4.78 is 0. The Bertz CT molecular complexity index is 249. The smallest absolute Gasteiger partial charge is 0.427 e. The minimum absolute atomic E-state index is 0.314. The van der Waals surface area contributed by atoms with Crippen molar-refractivity contribution >= 4 is 7.12 Å². The fourth-order valence-electron chi connectivity index (χ4n) is 3.28. The molecule has 0 amide bonds. The van der Waals surface area contributed by atoms with Crippen LogP contribution in [0.1, 0.15) is 44.9 Å². The van der Waals surface area contributed by atoms with Crippen LogP contribution in [0.15, 0.2) is 0 Å². The van der Waals surface area contributed by atoms with E-state index in [0.29, 0.717) is 18.3 Å². The summed E-state index contributed by atoms with van der Waals surface area (Å²) in [7, 11) is -1.15. The van der Waals surface area contributed by atoms with Crippen LogP contribution in [0, 0.1) is 11.8 Å². The van der Waals surface area contributed by atoms with Gasteiger partial charge in [-0.15, -0.1) is 0 Å². The van der Waals surface area contributed by atoms with Gasteiger partial charge in [0, 0.05) is 12.1 Å². The van der Waals surface area contributed by atoms with Crippen LogP contribution in [0.3, 0.4) is 0 Å². The van der Waals surface area contributed by atoms with E-state index in [0.717, 1.165) is 37.8 Å². The van der Waals surface area contributed by atoms with Crippen molar-refractivity contribution in [2.75, 3.05) is 6.54 Å². The van der Waals surface area contributed by atoms with E-state index in [-0.39, 0.29) is 0 Å². The molecule has 0 aromatic carbocycles. The van der Waals surface area contributed by atoms with Gasteiger partial charge in [-0.05, 0) is 56.8 Å². The van der Waals surface area contributed by atoms with E-state index < -0.39 is 7.12 Å². The normalized spacial score (nSPS) is 32.5. The van der Waals surface area contributed by atoms with E-state index in [4.69, 9.17) is 15.8 Å². The highest BCUT2D eigenvalue weighted by Gasteiger charge is 2.32. The van der Waals surface area contributed by atoms with Crippen molar-refractivity contribution in [3.8, 4) is 0 Å². The maximum Gasteiger partial charge on any atom is 0.451 e. The molecule has 2 aliphatic rings. The molecule has 0 aromatic heterocycles. The van der Waals surface area contributed by atoms with Gasteiger partial charge in [-0.3, -0.25) is 0 Å². The van der Waals surface area contributed by atoms with Gasteiger partial charge in [0.25, 0.3) is 0 Å². The van der Waals surface area contributed by atoms with Gasteiger partial charge >= 0.3 is 7.12 Å². The third kappa shape index (κ3) is 4.23. The van der Waals surface area contributed by atoms with E-state index in [2.05, 4.69) is 5.32 Å². The van der Waals surface area contributed by atoms with Crippen LogP contribution in [0.5, 0.6) is 0 Å². The lowest BCUT2D eigenvalue weighted by atomic mass is 9.81. The minimum atomic E-state index is -1.15. The molecule has 4 nitrogen and oxygen atoms in total. The van der Waals surface area contributed by atoms with Gasteiger partial charge < -0.3 is 21.1 Å². The van der Waals surface area contributed by atoms with E-state index in [1.54, 1.807) is 0 Å². The van der Waals surface area contributed by atoms with Gasteiger partial charge in [-0.1, -0.05) is 12.8 Å². The van der Waals surface area contributed by atoms with Crippen molar-refractivity contribution in [1.82, 2.24) is 5.32 Å². The highest BCUT2D eigenvalue weighted by atomic mass is 16.4. The Morgan fingerprint density at radius 1 is 1.22 bits per heavy atom. The first-order chi connectivity index (χ1) is 8.65. The molecule has 0 radical (unpaired) electrons. The minimum Gasteiger partial charge on any atom is -0.427 e. The van der Waals surface area contributed by atoms with Crippen LogP contribution in [0.2, 0.25) is 6.32 Å². The molecule has 0 bridgehead atoms. The third-order valence-corrected chi connectivity index (χ3v) is 4.68. The lowest BCUT2D eigenvalue weighted by Crippen LogP contribution is -2.37. The van der Waals surface area contributed by atoms with Crippen molar-refractivity contribution in [3.63, 3.8) is 0 Å². The van der Waals surface area contributed by atoms with Gasteiger partial charge in [0.1, 0.15) is 0 Å². The number of nitrogens with one attached hydrogen (secondary N) is 1. The highest BCUT2D eigenvalue weighted by molar-refractivity contribution is 6.40. The van der Waals surface area contributed by atoms with Gasteiger partial charge in [-0.25, -0.2) is 0 Å². The fraction of sp³-hybridized carbons (Fsp3) is 1.00. The molecular formula is C13H27BN2O2. The molecule has 0 spiro atoms. The predicted octanol–water partition coefficient (Wildman–Crippen LogP) is 0.735. The summed E-state index contributed by atoms with van der Waals surface area (Å²) in [5, 5.41) is 21.3. The Morgan fingerprint density at radius 3 is 2.61 bits per heavy atom. The van der Waals surface area contributed by atoms with E-state index >= 15 is 0 Å². The number of hydrogen-bond acceptors (Lipinski definition) is 4. The molecule has 104 valence electrons. The number of hydrogen-bond donors (Lipinski definition) is 4. The van der Waals surface area contributed by atoms with Crippen LogP contribution in [0.4, 0.5) is 0 Å². The van der Waals surface area contributed by atoms with E-state index in [1.165, 1.54) is 25.7 Å². The molecule has 5 heteroatoms. The first kappa shape index (κ1) is 14.3. The zero-order chi connectivity index (χ0) is 13.0. The van der Waals surface area contributed by atoms with Crippen LogP contribution in [0.25, 0.3) is 0 Å². The molecule has 0 heterocycles.